The molecule has 2 fully saturated rings. The molecule has 6 nitrogen and oxygen atoms in total. The van der Waals surface area contributed by atoms with Crippen LogP contribution in [0.25, 0.3) is 0 Å². The van der Waals surface area contributed by atoms with Gasteiger partial charge in [0.1, 0.15) is 0 Å². The van der Waals surface area contributed by atoms with Crippen molar-refractivity contribution in [1.29, 1.82) is 0 Å². The summed E-state index contributed by atoms with van der Waals surface area (Å²) in [7, 11) is 0.554. The number of sulfonamides is 1. The van der Waals surface area contributed by atoms with Crippen molar-refractivity contribution in [2.75, 3.05) is 40.3 Å². The molecule has 1 aliphatic carbocycles. The van der Waals surface area contributed by atoms with Crippen molar-refractivity contribution in [1.82, 2.24) is 14.1 Å². The van der Waals surface area contributed by atoms with E-state index >= 15 is 0 Å². The summed E-state index contributed by atoms with van der Waals surface area (Å²) in [6, 6.07) is 6.82. The Hall–Kier alpha value is -1.28. The van der Waals surface area contributed by atoms with Crippen LogP contribution in [0.4, 0.5) is 0 Å². The van der Waals surface area contributed by atoms with Crippen molar-refractivity contribution < 1.29 is 13.2 Å². The summed E-state index contributed by atoms with van der Waals surface area (Å²) in [4.78, 5) is 16.9. The van der Waals surface area contributed by atoms with E-state index in [1.165, 1.54) is 0 Å². The number of Topliss-reactive ketones (excluding diaryl/α,β-unsaturated/α-hetero) is 1. The first-order chi connectivity index (χ1) is 12.7. The zero-order valence-electron chi connectivity index (χ0n) is 16.8. The maximum atomic E-state index is 13.1. The summed E-state index contributed by atoms with van der Waals surface area (Å²) < 4.78 is 27.8. The molecule has 3 rings (SSSR count). The average molecular weight is 394 g/mol. The standard InChI is InChI=1S/C20H31N3O3S/c1-15-13-22(14-16(2)23(15)12-11-21(3)4)27(25,26)19-9-7-18(8-10-19)20(24)17-5-6-17/h7-10,15-17H,5-6,11-14H2,1-4H3. The van der Waals surface area contributed by atoms with Gasteiger partial charge >= 0.3 is 0 Å². The fraction of sp³-hybridized carbons (Fsp3) is 0.650. The van der Waals surface area contributed by atoms with Gasteiger partial charge < -0.3 is 4.90 Å². The quantitative estimate of drug-likeness (QED) is 0.663. The molecule has 2 unspecified atom stereocenters. The number of rotatable bonds is 7. The second kappa shape index (κ2) is 7.99. The number of hydrogen-bond acceptors (Lipinski definition) is 5. The molecule has 2 atom stereocenters. The minimum Gasteiger partial charge on any atom is -0.308 e. The number of nitrogens with zero attached hydrogens (tertiary/aromatic N) is 3. The molecule has 0 amide bonds. The lowest BCUT2D eigenvalue weighted by Gasteiger charge is -2.44. The van der Waals surface area contributed by atoms with E-state index in [2.05, 4.69) is 23.6 Å². The summed E-state index contributed by atoms with van der Waals surface area (Å²) in [6.07, 6.45) is 1.90. The van der Waals surface area contributed by atoms with Gasteiger partial charge in [-0.3, -0.25) is 9.69 Å². The van der Waals surface area contributed by atoms with E-state index in [0.29, 0.717) is 18.7 Å². The molecule has 1 saturated heterocycles. The van der Waals surface area contributed by atoms with Crippen LogP contribution in [0.2, 0.25) is 0 Å². The molecular weight excluding hydrogens is 362 g/mol. The molecule has 0 spiro atoms. The largest absolute Gasteiger partial charge is 0.308 e. The molecule has 0 bridgehead atoms. The summed E-state index contributed by atoms with van der Waals surface area (Å²) in [5.74, 6) is 0.278. The van der Waals surface area contributed by atoms with Gasteiger partial charge in [-0.1, -0.05) is 12.1 Å². The van der Waals surface area contributed by atoms with Gasteiger partial charge in [-0.15, -0.1) is 0 Å². The summed E-state index contributed by atoms with van der Waals surface area (Å²) >= 11 is 0. The van der Waals surface area contributed by atoms with Crippen molar-refractivity contribution in [3.63, 3.8) is 0 Å². The Balaban J connectivity index is 1.70. The van der Waals surface area contributed by atoms with E-state index in [9.17, 15) is 13.2 Å². The van der Waals surface area contributed by atoms with Crippen molar-refractivity contribution >= 4 is 15.8 Å². The number of hydrogen-bond donors (Lipinski definition) is 0. The fourth-order valence-corrected chi connectivity index (χ4v) is 5.38. The van der Waals surface area contributed by atoms with Crippen LogP contribution >= 0.6 is 0 Å². The highest BCUT2D eigenvalue weighted by Gasteiger charge is 2.36. The summed E-state index contributed by atoms with van der Waals surface area (Å²) in [5.41, 5.74) is 0.617. The van der Waals surface area contributed by atoms with Crippen molar-refractivity contribution in [2.45, 2.75) is 43.7 Å². The highest BCUT2D eigenvalue weighted by atomic mass is 32.2. The molecule has 0 aromatic heterocycles. The van der Waals surface area contributed by atoms with Crippen LogP contribution in [-0.2, 0) is 10.0 Å². The molecule has 1 saturated carbocycles. The van der Waals surface area contributed by atoms with Crippen LogP contribution in [-0.4, -0.2) is 80.7 Å². The molecular formula is C20H31N3O3S. The second-order valence-corrected chi connectivity index (χ2v) is 10.2. The Morgan fingerprint density at radius 2 is 1.63 bits per heavy atom. The molecule has 150 valence electrons. The lowest BCUT2D eigenvalue weighted by molar-refractivity contribution is 0.0708. The monoisotopic (exact) mass is 393 g/mol. The van der Waals surface area contributed by atoms with Gasteiger partial charge in [-0.2, -0.15) is 4.31 Å². The second-order valence-electron chi connectivity index (χ2n) is 8.22. The predicted molar refractivity (Wildman–Crippen MR) is 106 cm³/mol. The summed E-state index contributed by atoms with van der Waals surface area (Å²) in [5, 5.41) is 0. The van der Waals surface area contributed by atoms with E-state index in [4.69, 9.17) is 0 Å². The number of benzene rings is 1. The molecule has 7 heteroatoms. The molecule has 1 heterocycles. The van der Waals surface area contributed by atoms with Crippen LogP contribution in [0.15, 0.2) is 29.2 Å². The van der Waals surface area contributed by atoms with E-state index in [-0.39, 0.29) is 28.7 Å². The minimum absolute atomic E-state index is 0.135. The third-order valence-electron chi connectivity index (χ3n) is 5.60. The van der Waals surface area contributed by atoms with Gasteiger partial charge in [-0.25, -0.2) is 8.42 Å². The predicted octanol–water partition coefficient (Wildman–Crippen LogP) is 1.92. The number of carbonyl (C=O) groups is 1. The van der Waals surface area contributed by atoms with Gasteiger partial charge in [-0.05, 0) is 52.9 Å². The smallest absolute Gasteiger partial charge is 0.243 e. The lowest BCUT2D eigenvalue weighted by Crippen LogP contribution is -2.58. The zero-order valence-corrected chi connectivity index (χ0v) is 17.6. The number of ketones is 1. The Kier molecular flexibility index (Phi) is 6.05. The zero-order chi connectivity index (χ0) is 19.8. The Labute approximate surface area is 163 Å². The van der Waals surface area contributed by atoms with E-state index < -0.39 is 10.0 Å². The molecule has 2 aliphatic rings. The number of likely N-dealkylation sites (N-methyl/N-ethyl adjacent to an activating group) is 1. The van der Waals surface area contributed by atoms with Gasteiger partial charge in [0, 0.05) is 49.7 Å². The van der Waals surface area contributed by atoms with Crippen LogP contribution in [0, 0.1) is 5.92 Å². The fourth-order valence-electron chi connectivity index (χ4n) is 3.78. The molecule has 1 aliphatic heterocycles. The van der Waals surface area contributed by atoms with Crippen LogP contribution in [0.5, 0.6) is 0 Å². The Morgan fingerprint density at radius 1 is 1.07 bits per heavy atom. The van der Waals surface area contributed by atoms with Crippen LogP contribution in [0.3, 0.4) is 0 Å². The Bertz CT molecular complexity index is 760. The maximum Gasteiger partial charge on any atom is 0.243 e. The summed E-state index contributed by atoms with van der Waals surface area (Å²) in [6.45, 7) is 7.04. The third kappa shape index (κ3) is 4.59. The molecule has 27 heavy (non-hydrogen) atoms. The van der Waals surface area contributed by atoms with Gasteiger partial charge in [0.05, 0.1) is 4.90 Å². The molecule has 1 aromatic carbocycles. The Morgan fingerprint density at radius 3 is 2.11 bits per heavy atom. The van der Waals surface area contributed by atoms with Gasteiger partial charge in [0.15, 0.2) is 5.78 Å². The third-order valence-corrected chi connectivity index (χ3v) is 7.44. The lowest BCUT2D eigenvalue weighted by atomic mass is 10.1. The first-order valence-electron chi connectivity index (χ1n) is 9.75. The topological polar surface area (TPSA) is 60.9 Å². The normalized spacial score (nSPS) is 25.1. The average Bonchev–Trinajstić information content (AvgIpc) is 3.45. The number of piperazine rings is 1. The first kappa shape index (κ1) is 20.5. The van der Waals surface area contributed by atoms with E-state index in [0.717, 1.165) is 25.9 Å². The van der Waals surface area contributed by atoms with E-state index in [1.54, 1.807) is 28.6 Å². The maximum absolute atomic E-state index is 13.1. The van der Waals surface area contributed by atoms with Gasteiger partial charge in [0.2, 0.25) is 10.0 Å². The molecule has 0 radical (unpaired) electrons. The van der Waals surface area contributed by atoms with E-state index in [1.807, 2.05) is 14.1 Å². The highest BCUT2D eigenvalue weighted by molar-refractivity contribution is 7.89. The van der Waals surface area contributed by atoms with Crippen molar-refractivity contribution in [3.05, 3.63) is 29.8 Å². The molecule has 1 aromatic rings. The van der Waals surface area contributed by atoms with Crippen molar-refractivity contribution in [3.8, 4) is 0 Å². The molecule has 0 N–H and O–H groups in total. The number of carbonyl (C=O) groups excluding carboxylic acids is 1. The van der Waals surface area contributed by atoms with Crippen LogP contribution in [0.1, 0.15) is 37.0 Å². The minimum atomic E-state index is -3.54. The first-order valence-corrected chi connectivity index (χ1v) is 11.2. The highest BCUT2D eigenvalue weighted by Crippen LogP contribution is 2.33. The van der Waals surface area contributed by atoms with Crippen molar-refractivity contribution in [2.24, 2.45) is 5.92 Å². The SMILES string of the molecule is CC1CN(S(=O)(=O)c2ccc(C(=O)C3CC3)cc2)CC(C)N1CCN(C)C. The van der Waals surface area contributed by atoms with Gasteiger partial charge in [0.25, 0.3) is 0 Å². The van der Waals surface area contributed by atoms with Crippen LogP contribution < -0.4 is 0 Å².